The van der Waals surface area contributed by atoms with Gasteiger partial charge in [0.1, 0.15) is 5.75 Å². The molecule has 4 heteroatoms. The fraction of sp³-hybridized carbons (Fsp3) is 0.714. The van der Waals surface area contributed by atoms with Crippen LogP contribution in [0.4, 0.5) is 0 Å². The van der Waals surface area contributed by atoms with Crippen molar-refractivity contribution in [2.75, 3.05) is 6.61 Å². The average molecular weight is 447 g/mol. The first-order valence-electron chi connectivity index (χ1n) is 12.8. The third-order valence-electron chi connectivity index (χ3n) is 5.75. The van der Waals surface area contributed by atoms with Crippen molar-refractivity contribution in [3.63, 3.8) is 0 Å². The molecule has 1 rings (SSSR count). The second kappa shape index (κ2) is 16.7. The second-order valence-corrected chi connectivity index (χ2v) is 9.86. The molecule has 0 amide bonds. The summed E-state index contributed by atoms with van der Waals surface area (Å²) in [5.74, 6) is -0.225. The van der Waals surface area contributed by atoms with Crippen molar-refractivity contribution >= 4 is 11.9 Å². The molecule has 0 atom stereocenters. The van der Waals surface area contributed by atoms with E-state index in [1.54, 1.807) is 12.1 Å². The summed E-state index contributed by atoms with van der Waals surface area (Å²) in [6.45, 7) is 9.11. The monoisotopic (exact) mass is 446 g/mol. The lowest BCUT2D eigenvalue weighted by molar-refractivity contribution is -0.147. The van der Waals surface area contributed by atoms with Crippen molar-refractivity contribution in [1.29, 1.82) is 0 Å². The van der Waals surface area contributed by atoms with Crippen LogP contribution in [0.15, 0.2) is 24.3 Å². The largest absolute Gasteiger partial charge is 0.466 e. The van der Waals surface area contributed by atoms with Gasteiger partial charge in [0.2, 0.25) is 0 Å². The van der Waals surface area contributed by atoms with E-state index in [9.17, 15) is 9.59 Å². The number of carbonyl (C=O) groups is 2. The van der Waals surface area contributed by atoms with Gasteiger partial charge in [-0.15, -0.1) is 0 Å². The third-order valence-corrected chi connectivity index (χ3v) is 5.75. The summed E-state index contributed by atoms with van der Waals surface area (Å²) in [6, 6.07) is 7.52. The van der Waals surface area contributed by atoms with Gasteiger partial charge in [-0.05, 0) is 29.5 Å². The number of rotatable bonds is 17. The Hall–Kier alpha value is -1.84. The Bertz CT molecular complexity index is 628. The molecule has 0 spiro atoms. The number of carbonyl (C=O) groups excluding carboxylic acids is 2. The maximum atomic E-state index is 12.0. The summed E-state index contributed by atoms with van der Waals surface area (Å²) in [6.07, 6.45) is 15.4. The van der Waals surface area contributed by atoms with Gasteiger partial charge in [-0.3, -0.25) is 9.59 Å². The predicted octanol–water partition coefficient (Wildman–Crippen LogP) is 7.91. The van der Waals surface area contributed by atoms with E-state index in [-0.39, 0.29) is 24.2 Å². The molecular weight excluding hydrogens is 400 g/mol. The van der Waals surface area contributed by atoms with Crippen molar-refractivity contribution in [3.8, 4) is 5.75 Å². The Labute approximate surface area is 196 Å². The second-order valence-electron chi connectivity index (χ2n) is 9.86. The highest BCUT2D eigenvalue weighted by Crippen LogP contribution is 2.24. The Morgan fingerprint density at radius 1 is 0.688 bits per heavy atom. The van der Waals surface area contributed by atoms with Crippen LogP contribution < -0.4 is 4.74 Å². The Kier molecular flexibility index (Phi) is 14.8. The van der Waals surface area contributed by atoms with Crippen LogP contribution in [0.5, 0.6) is 5.75 Å². The van der Waals surface area contributed by atoms with Gasteiger partial charge >= 0.3 is 11.9 Å². The SMILES string of the molecule is CCCCCCCCCCCCCCOC(=O)CCC(=O)Oc1ccc(C(C)(C)C)cc1. The van der Waals surface area contributed by atoms with Crippen LogP contribution in [0.3, 0.4) is 0 Å². The molecule has 0 heterocycles. The van der Waals surface area contributed by atoms with Gasteiger partial charge in [0.25, 0.3) is 0 Å². The smallest absolute Gasteiger partial charge is 0.311 e. The quantitative estimate of drug-likeness (QED) is 0.139. The lowest BCUT2D eigenvalue weighted by Crippen LogP contribution is -2.13. The van der Waals surface area contributed by atoms with E-state index in [2.05, 4.69) is 27.7 Å². The van der Waals surface area contributed by atoms with Gasteiger partial charge in [0.15, 0.2) is 0 Å². The van der Waals surface area contributed by atoms with Gasteiger partial charge in [0.05, 0.1) is 19.4 Å². The van der Waals surface area contributed by atoms with E-state index in [0.29, 0.717) is 12.4 Å². The highest BCUT2D eigenvalue weighted by molar-refractivity contribution is 5.79. The summed E-state index contributed by atoms with van der Waals surface area (Å²) in [4.78, 5) is 23.8. The molecule has 0 radical (unpaired) electrons. The fourth-order valence-electron chi connectivity index (χ4n) is 3.61. The van der Waals surface area contributed by atoms with Crippen molar-refractivity contribution in [1.82, 2.24) is 0 Å². The van der Waals surface area contributed by atoms with Crippen molar-refractivity contribution in [3.05, 3.63) is 29.8 Å². The lowest BCUT2D eigenvalue weighted by atomic mass is 9.87. The Morgan fingerprint density at radius 2 is 1.16 bits per heavy atom. The Morgan fingerprint density at radius 3 is 1.66 bits per heavy atom. The first kappa shape index (κ1) is 28.2. The van der Waals surface area contributed by atoms with Gasteiger partial charge in [-0.25, -0.2) is 0 Å². The minimum absolute atomic E-state index is 0.0400. The molecule has 0 N–H and O–H groups in total. The first-order chi connectivity index (χ1) is 15.3. The van der Waals surface area contributed by atoms with E-state index in [1.165, 1.54) is 69.8 Å². The normalized spacial score (nSPS) is 11.4. The van der Waals surface area contributed by atoms with Crippen molar-refractivity contribution in [2.24, 2.45) is 0 Å². The van der Waals surface area contributed by atoms with Crippen LogP contribution in [-0.2, 0) is 19.7 Å². The van der Waals surface area contributed by atoms with E-state index in [4.69, 9.17) is 9.47 Å². The van der Waals surface area contributed by atoms with Gasteiger partial charge in [-0.1, -0.05) is 110 Å². The molecule has 4 nitrogen and oxygen atoms in total. The zero-order chi connectivity index (χ0) is 23.7. The third kappa shape index (κ3) is 14.3. The van der Waals surface area contributed by atoms with E-state index in [0.717, 1.165) is 12.8 Å². The summed E-state index contributed by atoms with van der Waals surface area (Å²) < 4.78 is 10.5. The highest BCUT2D eigenvalue weighted by Gasteiger charge is 2.14. The van der Waals surface area contributed by atoms with Crippen LogP contribution in [0.1, 0.15) is 123 Å². The number of ether oxygens (including phenoxy) is 2. The van der Waals surface area contributed by atoms with Crippen LogP contribution in [0, 0.1) is 0 Å². The van der Waals surface area contributed by atoms with E-state index >= 15 is 0 Å². The van der Waals surface area contributed by atoms with Crippen LogP contribution in [-0.4, -0.2) is 18.5 Å². The van der Waals surface area contributed by atoms with Crippen LogP contribution in [0.2, 0.25) is 0 Å². The van der Waals surface area contributed by atoms with Crippen LogP contribution in [0.25, 0.3) is 0 Å². The summed E-state index contributed by atoms with van der Waals surface area (Å²) in [5, 5.41) is 0. The summed E-state index contributed by atoms with van der Waals surface area (Å²) >= 11 is 0. The molecule has 0 aliphatic rings. The number of hydrogen-bond acceptors (Lipinski definition) is 4. The van der Waals surface area contributed by atoms with E-state index in [1.807, 2.05) is 12.1 Å². The summed E-state index contributed by atoms with van der Waals surface area (Å²) in [7, 11) is 0. The molecule has 1 aromatic rings. The van der Waals surface area contributed by atoms with Crippen molar-refractivity contribution < 1.29 is 19.1 Å². The van der Waals surface area contributed by atoms with Gasteiger partial charge < -0.3 is 9.47 Å². The molecule has 0 aliphatic heterocycles. The highest BCUT2D eigenvalue weighted by atomic mass is 16.5. The average Bonchev–Trinajstić information content (AvgIpc) is 2.75. The zero-order valence-electron chi connectivity index (χ0n) is 21.0. The maximum Gasteiger partial charge on any atom is 0.311 e. The Balaban J connectivity index is 1.98. The van der Waals surface area contributed by atoms with Gasteiger partial charge in [0, 0.05) is 0 Å². The van der Waals surface area contributed by atoms with Crippen LogP contribution >= 0.6 is 0 Å². The molecule has 0 bridgehead atoms. The predicted molar refractivity (Wildman–Crippen MR) is 132 cm³/mol. The lowest BCUT2D eigenvalue weighted by Gasteiger charge is -2.18. The number of benzene rings is 1. The zero-order valence-corrected chi connectivity index (χ0v) is 21.0. The maximum absolute atomic E-state index is 12.0. The number of esters is 2. The molecule has 0 aliphatic carbocycles. The van der Waals surface area contributed by atoms with Crippen molar-refractivity contribution in [2.45, 2.75) is 123 Å². The molecule has 1 aromatic carbocycles. The standard InChI is InChI=1S/C28H46O4/c1-5-6-7-8-9-10-11-12-13-14-15-16-23-31-26(29)21-22-27(30)32-25-19-17-24(18-20-25)28(2,3)4/h17-20H,5-16,21-23H2,1-4H3. The first-order valence-corrected chi connectivity index (χ1v) is 12.8. The minimum Gasteiger partial charge on any atom is -0.466 e. The molecular formula is C28H46O4. The minimum atomic E-state index is -0.407. The molecule has 0 aromatic heterocycles. The summed E-state index contributed by atoms with van der Waals surface area (Å²) in [5.41, 5.74) is 1.23. The molecule has 0 unspecified atom stereocenters. The van der Waals surface area contributed by atoms with Gasteiger partial charge in [-0.2, -0.15) is 0 Å². The topological polar surface area (TPSA) is 52.6 Å². The molecule has 0 saturated heterocycles. The molecule has 0 saturated carbocycles. The molecule has 32 heavy (non-hydrogen) atoms. The fourth-order valence-corrected chi connectivity index (χ4v) is 3.61. The molecule has 0 fully saturated rings. The van der Waals surface area contributed by atoms with E-state index < -0.39 is 5.97 Å². The molecule has 182 valence electrons. The number of unbranched alkanes of at least 4 members (excludes halogenated alkanes) is 11. The number of hydrogen-bond donors (Lipinski definition) is 0.